The summed E-state index contributed by atoms with van der Waals surface area (Å²) in [5.41, 5.74) is 2.23. The molecule has 5 rings (SSSR count). The number of nitrogens with zero attached hydrogens (tertiary/aromatic N) is 5. The molecule has 0 bridgehead atoms. The molecule has 1 N–H and O–H groups in total. The van der Waals surface area contributed by atoms with E-state index in [1.54, 1.807) is 24.5 Å². The van der Waals surface area contributed by atoms with Gasteiger partial charge in [-0.05, 0) is 54.6 Å². The van der Waals surface area contributed by atoms with Gasteiger partial charge in [-0.1, -0.05) is 18.2 Å². The summed E-state index contributed by atoms with van der Waals surface area (Å²) < 4.78 is 6.83. The number of hydrogen-bond acceptors (Lipinski definition) is 8. The van der Waals surface area contributed by atoms with Crippen molar-refractivity contribution in [3.05, 3.63) is 76.4 Å². The highest BCUT2D eigenvalue weighted by molar-refractivity contribution is 7.13. The molecular weight excluding hydrogens is 488 g/mol. The molecule has 1 aromatic carbocycles. The van der Waals surface area contributed by atoms with E-state index >= 15 is 0 Å². The second-order valence-corrected chi connectivity index (χ2v) is 9.73. The number of amides is 1. The van der Waals surface area contributed by atoms with E-state index in [1.807, 2.05) is 53.9 Å². The molecule has 1 fully saturated rings. The first kappa shape index (κ1) is 24.6. The van der Waals surface area contributed by atoms with Gasteiger partial charge >= 0.3 is 0 Å². The minimum atomic E-state index is -0.180. The van der Waals surface area contributed by atoms with Crippen LogP contribution in [0.2, 0.25) is 0 Å². The van der Waals surface area contributed by atoms with E-state index in [1.165, 1.54) is 10.7 Å². The van der Waals surface area contributed by atoms with Gasteiger partial charge in [0.05, 0.1) is 24.2 Å². The predicted molar refractivity (Wildman–Crippen MR) is 144 cm³/mol. The number of carbonyl (C=O) groups is 1. The van der Waals surface area contributed by atoms with Crippen LogP contribution in [0.5, 0.6) is 5.75 Å². The van der Waals surface area contributed by atoms with Crippen LogP contribution in [0.25, 0.3) is 21.8 Å². The number of para-hydroxylation sites is 1. The smallest absolute Gasteiger partial charge is 0.266 e. The lowest BCUT2D eigenvalue weighted by atomic mass is 9.96. The maximum Gasteiger partial charge on any atom is 0.266 e. The average molecular weight is 517 g/mol. The van der Waals surface area contributed by atoms with Gasteiger partial charge in [-0.15, -0.1) is 21.5 Å². The van der Waals surface area contributed by atoms with Crippen LogP contribution in [-0.2, 0) is 11.3 Å². The summed E-state index contributed by atoms with van der Waals surface area (Å²) >= 11 is 1.57. The van der Waals surface area contributed by atoms with Crippen LogP contribution in [0.1, 0.15) is 12.8 Å². The minimum absolute atomic E-state index is 0.0136. The van der Waals surface area contributed by atoms with Crippen molar-refractivity contribution in [2.24, 2.45) is 5.92 Å². The molecule has 1 aliphatic rings. The fourth-order valence-electron chi connectivity index (χ4n) is 4.46. The Labute approximate surface area is 218 Å². The van der Waals surface area contributed by atoms with E-state index in [-0.39, 0.29) is 17.4 Å². The summed E-state index contributed by atoms with van der Waals surface area (Å²) in [5, 5.41) is 18.2. The lowest BCUT2D eigenvalue weighted by Crippen LogP contribution is -2.42. The number of nitrogens with one attached hydrogen (secondary N) is 1. The summed E-state index contributed by atoms with van der Waals surface area (Å²) in [6.07, 6.45) is 1.46. The molecular formula is C27H28N6O3S. The number of aromatic nitrogens is 4. The lowest BCUT2D eigenvalue weighted by molar-refractivity contribution is -0.125. The third-order valence-electron chi connectivity index (χ3n) is 6.49. The van der Waals surface area contributed by atoms with Crippen molar-refractivity contribution in [3.8, 4) is 27.6 Å². The van der Waals surface area contributed by atoms with Gasteiger partial charge in [-0.3, -0.25) is 9.59 Å². The zero-order chi connectivity index (χ0) is 25.6. The van der Waals surface area contributed by atoms with Gasteiger partial charge in [0.1, 0.15) is 11.4 Å². The van der Waals surface area contributed by atoms with Gasteiger partial charge < -0.3 is 15.0 Å². The van der Waals surface area contributed by atoms with Crippen LogP contribution in [0.15, 0.2) is 70.8 Å². The van der Waals surface area contributed by atoms with E-state index in [0.29, 0.717) is 13.1 Å². The zero-order valence-corrected chi connectivity index (χ0v) is 21.4. The number of hydrogen-bond donors (Lipinski definition) is 1. The maximum atomic E-state index is 12.8. The van der Waals surface area contributed by atoms with Crippen LogP contribution in [0.4, 0.5) is 5.82 Å². The van der Waals surface area contributed by atoms with Crippen LogP contribution in [0.3, 0.4) is 0 Å². The van der Waals surface area contributed by atoms with Gasteiger partial charge in [0.2, 0.25) is 5.91 Å². The van der Waals surface area contributed by atoms with Gasteiger partial charge in [-0.2, -0.15) is 5.10 Å². The van der Waals surface area contributed by atoms with Crippen LogP contribution in [-0.4, -0.2) is 52.6 Å². The molecule has 1 amide bonds. The Bertz CT molecular complexity index is 1400. The molecule has 0 spiro atoms. The SMILES string of the molecule is COc1ccccc1-c1ccc(N2CCC(C(=O)NCCn3nc(-c4cccs4)ccc3=O)CC2)nn1. The van der Waals surface area contributed by atoms with Gasteiger partial charge in [-0.25, -0.2) is 4.68 Å². The molecule has 10 heteroatoms. The van der Waals surface area contributed by atoms with Gasteiger partial charge in [0, 0.05) is 37.2 Å². The Morgan fingerprint density at radius 2 is 1.84 bits per heavy atom. The summed E-state index contributed by atoms with van der Waals surface area (Å²) in [4.78, 5) is 28.1. The van der Waals surface area contributed by atoms with Crippen LogP contribution >= 0.6 is 11.3 Å². The van der Waals surface area contributed by atoms with Crippen molar-refractivity contribution in [1.82, 2.24) is 25.3 Å². The molecule has 3 aromatic heterocycles. The Morgan fingerprint density at radius 3 is 2.57 bits per heavy atom. The van der Waals surface area contributed by atoms with E-state index in [2.05, 4.69) is 25.5 Å². The van der Waals surface area contributed by atoms with Crippen LogP contribution in [0, 0.1) is 5.92 Å². The van der Waals surface area contributed by atoms with E-state index in [9.17, 15) is 9.59 Å². The van der Waals surface area contributed by atoms with Crippen molar-refractivity contribution in [2.45, 2.75) is 19.4 Å². The summed E-state index contributed by atoms with van der Waals surface area (Å²) in [6, 6.07) is 18.8. The highest BCUT2D eigenvalue weighted by Crippen LogP contribution is 2.29. The Kier molecular flexibility index (Phi) is 7.55. The Balaban J connectivity index is 1.12. The molecule has 0 saturated carbocycles. The molecule has 4 heterocycles. The number of carbonyl (C=O) groups excluding carboxylic acids is 1. The summed E-state index contributed by atoms with van der Waals surface area (Å²) in [6.45, 7) is 2.14. The number of benzene rings is 1. The van der Waals surface area contributed by atoms with E-state index < -0.39 is 0 Å². The molecule has 1 saturated heterocycles. The highest BCUT2D eigenvalue weighted by Gasteiger charge is 2.25. The number of anilines is 1. The molecule has 0 aliphatic carbocycles. The van der Waals surface area contributed by atoms with E-state index in [0.717, 1.165) is 59.3 Å². The molecule has 4 aromatic rings. The first-order valence-corrected chi connectivity index (χ1v) is 13.1. The number of rotatable bonds is 8. The summed E-state index contributed by atoms with van der Waals surface area (Å²) in [7, 11) is 1.64. The molecule has 9 nitrogen and oxygen atoms in total. The average Bonchev–Trinajstić information content (AvgIpc) is 3.49. The van der Waals surface area contributed by atoms with Crippen molar-refractivity contribution in [2.75, 3.05) is 31.6 Å². The monoisotopic (exact) mass is 516 g/mol. The zero-order valence-electron chi connectivity index (χ0n) is 20.5. The second-order valence-electron chi connectivity index (χ2n) is 8.79. The van der Waals surface area contributed by atoms with Crippen molar-refractivity contribution < 1.29 is 9.53 Å². The molecule has 0 unspecified atom stereocenters. The molecule has 1 aliphatic heterocycles. The fraction of sp³-hybridized carbons (Fsp3) is 0.296. The largest absolute Gasteiger partial charge is 0.496 e. The third kappa shape index (κ3) is 5.69. The van der Waals surface area contributed by atoms with Gasteiger partial charge in [0.25, 0.3) is 5.56 Å². The fourth-order valence-corrected chi connectivity index (χ4v) is 5.15. The molecule has 190 valence electrons. The first-order valence-electron chi connectivity index (χ1n) is 12.2. The van der Waals surface area contributed by atoms with E-state index in [4.69, 9.17) is 4.74 Å². The number of piperidine rings is 1. The quantitative estimate of drug-likeness (QED) is 0.383. The number of methoxy groups -OCH3 is 1. The second kappa shape index (κ2) is 11.3. The molecule has 37 heavy (non-hydrogen) atoms. The minimum Gasteiger partial charge on any atom is -0.496 e. The summed E-state index contributed by atoms with van der Waals surface area (Å²) in [5.74, 6) is 1.50. The maximum absolute atomic E-state index is 12.8. The van der Waals surface area contributed by atoms with Crippen molar-refractivity contribution in [1.29, 1.82) is 0 Å². The van der Waals surface area contributed by atoms with Crippen molar-refractivity contribution in [3.63, 3.8) is 0 Å². The predicted octanol–water partition coefficient (Wildman–Crippen LogP) is 3.47. The van der Waals surface area contributed by atoms with Crippen LogP contribution < -0.4 is 20.5 Å². The number of thiophene rings is 1. The Hall–Kier alpha value is -4.05. The third-order valence-corrected chi connectivity index (χ3v) is 7.38. The topological polar surface area (TPSA) is 102 Å². The standard InChI is InChI=1S/C27H28N6O3S/c1-36-23-6-3-2-5-20(23)21-8-10-25(30-29-21)32-15-12-19(13-16-32)27(35)28-14-17-33-26(34)11-9-22(31-33)24-7-4-18-37-24/h2-11,18-19H,12-17H2,1H3,(H,28,35). The lowest BCUT2D eigenvalue weighted by Gasteiger charge is -2.31. The molecule has 0 radical (unpaired) electrons. The number of ether oxygens (including phenoxy) is 1. The normalized spacial score (nSPS) is 13.9. The molecule has 0 atom stereocenters. The first-order chi connectivity index (χ1) is 18.1. The van der Waals surface area contributed by atoms with Gasteiger partial charge in [0.15, 0.2) is 5.82 Å². The Morgan fingerprint density at radius 1 is 1.03 bits per heavy atom. The van der Waals surface area contributed by atoms with Crippen molar-refractivity contribution >= 4 is 23.1 Å². The highest BCUT2D eigenvalue weighted by atomic mass is 32.1.